The number of hydrogen-bond acceptors (Lipinski definition) is 4. The lowest BCUT2D eigenvalue weighted by molar-refractivity contribution is -0.149. The van der Waals surface area contributed by atoms with Gasteiger partial charge in [-0.3, -0.25) is 14.5 Å². The van der Waals surface area contributed by atoms with E-state index in [-0.39, 0.29) is 23.6 Å². The molecule has 2 rings (SSSR count). The van der Waals surface area contributed by atoms with Crippen LogP contribution in [0, 0.1) is 18.7 Å². The molecule has 24 heavy (non-hydrogen) atoms. The third-order valence-corrected chi connectivity index (χ3v) is 4.29. The van der Waals surface area contributed by atoms with E-state index in [9.17, 15) is 14.0 Å². The van der Waals surface area contributed by atoms with Gasteiger partial charge in [0.15, 0.2) is 0 Å². The average Bonchev–Trinajstić information content (AvgIpc) is 2.57. The number of benzene rings is 1. The van der Waals surface area contributed by atoms with Crippen LogP contribution in [-0.2, 0) is 20.9 Å². The number of nitrogens with zero attached hydrogens (tertiary/aromatic N) is 1. The third-order valence-electron chi connectivity index (χ3n) is 4.29. The molecule has 0 aromatic heterocycles. The van der Waals surface area contributed by atoms with Gasteiger partial charge >= 0.3 is 5.97 Å². The van der Waals surface area contributed by atoms with Gasteiger partial charge in [-0.05, 0) is 57.0 Å². The van der Waals surface area contributed by atoms with E-state index in [1.54, 1.807) is 26.0 Å². The summed E-state index contributed by atoms with van der Waals surface area (Å²) in [5, 5.41) is 2.85. The molecule has 1 aliphatic rings. The van der Waals surface area contributed by atoms with Crippen molar-refractivity contribution in [2.45, 2.75) is 33.2 Å². The number of hydrogen-bond donors (Lipinski definition) is 1. The fourth-order valence-corrected chi connectivity index (χ4v) is 2.86. The molecule has 0 unspecified atom stereocenters. The molecule has 132 valence electrons. The smallest absolute Gasteiger partial charge is 0.309 e. The Morgan fingerprint density at radius 3 is 2.67 bits per heavy atom. The number of likely N-dealkylation sites (tertiary alicyclic amines) is 1. The van der Waals surface area contributed by atoms with Crippen LogP contribution in [0.3, 0.4) is 0 Å². The Morgan fingerprint density at radius 2 is 2.04 bits per heavy atom. The van der Waals surface area contributed by atoms with Crippen LogP contribution in [0.15, 0.2) is 18.2 Å². The summed E-state index contributed by atoms with van der Waals surface area (Å²) in [6.07, 6.45) is 1.45. The Morgan fingerprint density at radius 1 is 1.33 bits per heavy atom. The molecule has 1 saturated heterocycles. The van der Waals surface area contributed by atoms with Crippen LogP contribution in [0.5, 0.6) is 0 Å². The fourth-order valence-electron chi connectivity index (χ4n) is 2.86. The Labute approximate surface area is 142 Å². The SMILES string of the molecule is CCOC(=O)C1CCN(CC(=O)NCc2ccc(F)c(C)c2)CC1. The van der Waals surface area contributed by atoms with Crippen molar-refractivity contribution in [3.05, 3.63) is 35.1 Å². The van der Waals surface area contributed by atoms with E-state index in [0.717, 1.165) is 18.4 Å². The first-order valence-corrected chi connectivity index (χ1v) is 8.40. The van der Waals surface area contributed by atoms with Crippen LogP contribution in [0.2, 0.25) is 0 Å². The predicted octanol–water partition coefficient (Wildman–Crippen LogP) is 2.03. The molecule has 1 fully saturated rings. The number of esters is 1. The minimum atomic E-state index is -0.241. The third kappa shape index (κ3) is 5.30. The Bertz CT molecular complexity index is 584. The van der Waals surface area contributed by atoms with Crippen LogP contribution >= 0.6 is 0 Å². The number of amides is 1. The highest BCUT2D eigenvalue weighted by Crippen LogP contribution is 2.18. The topological polar surface area (TPSA) is 58.6 Å². The van der Waals surface area contributed by atoms with Crippen molar-refractivity contribution in [1.29, 1.82) is 0 Å². The van der Waals surface area contributed by atoms with Crippen molar-refractivity contribution < 1.29 is 18.7 Å². The van der Waals surface area contributed by atoms with Crippen LogP contribution in [0.1, 0.15) is 30.9 Å². The Kier molecular flexibility index (Phi) is 6.73. The Balaban J connectivity index is 1.71. The van der Waals surface area contributed by atoms with Gasteiger partial charge in [0.2, 0.25) is 5.91 Å². The number of aryl methyl sites for hydroxylation is 1. The first kappa shape index (κ1) is 18.4. The maximum atomic E-state index is 13.2. The van der Waals surface area contributed by atoms with Gasteiger partial charge in [0.05, 0.1) is 19.1 Å². The summed E-state index contributed by atoms with van der Waals surface area (Å²) >= 11 is 0. The van der Waals surface area contributed by atoms with E-state index in [1.165, 1.54) is 6.07 Å². The van der Waals surface area contributed by atoms with E-state index >= 15 is 0 Å². The summed E-state index contributed by atoms with van der Waals surface area (Å²) in [7, 11) is 0. The molecular formula is C18H25FN2O3. The minimum Gasteiger partial charge on any atom is -0.466 e. The molecule has 1 aromatic rings. The fraction of sp³-hybridized carbons (Fsp3) is 0.556. The zero-order valence-electron chi connectivity index (χ0n) is 14.3. The molecule has 6 heteroatoms. The van der Waals surface area contributed by atoms with Crippen LogP contribution in [0.4, 0.5) is 4.39 Å². The maximum absolute atomic E-state index is 13.2. The van der Waals surface area contributed by atoms with Gasteiger partial charge in [-0.1, -0.05) is 12.1 Å². The summed E-state index contributed by atoms with van der Waals surface area (Å²) < 4.78 is 18.3. The molecule has 1 amide bonds. The molecule has 1 aromatic carbocycles. The summed E-state index contributed by atoms with van der Waals surface area (Å²) in [5.41, 5.74) is 1.45. The zero-order valence-corrected chi connectivity index (χ0v) is 14.3. The van der Waals surface area contributed by atoms with Gasteiger partial charge in [0.1, 0.15) is 5.82 Å². The summed E-state index contributed by atoms with van der Waals surface area (Å²) in [4.78, 5) is 25.8. The minimum absolute atomic E-state index is 0.0496. The van der Waals surface area contributed by atoms with E-state index < -0.39 is 0 Å². The normalized spacial score (nSPS) is 16.0. The second kappa shape index (κ2) is 8.78. The number of carbonyl (C=O) groups is 2. The second-order valence-electron chi connectivity index (χ2n) is 6.16. The van der Waals surface area contributed by atoms with Gasteiger partial charge < -0.3 is 10.1 Å². The monoisotopic (exact) mass is 336 g/mol. The van der Waals surface area contributed by atoms with Crippen molar-refractivity contribution in [3.8, 4) is 0 Å². The molecule has 0 aliphatic carbocycles. The highest BCUT2D eigenvalue weighted by Gasteiger charge is 2.26. The molecule has 0 atom stereocenters. The molecule has 5 nitrogen and oxygen atoms in total. The van der Waals surface area contributed by atoms with E-state index in [2.05, 4.69) is 5.32 Å². The first-order chi connectivity index (χ1) is 11.5. The highest BCUT2D eigenvalue weighted by atomic mass is 19.1. The molecule has 0 spiro atoms. The predicted molar refractivity (Wildman–Crippen MR) is 88.8 cm³/mol. The number of nitrogens with one attached hydrogen (secondary N) is 1. The molecule has 1 aliphatic heterocycles. The van der Waals surface area contributed by atoms with Crippen LogP contribution < -0.4 is 5.32 Å². The van der Waals surface area contributed by atoms with E-state index in [1.807, 2.05) is 4.90 Å². The van der Waals surface area contributed by atoms with Crippen molar-refractivity contribution in [2.75, 3.05) is 26.2 Å². The summed E-state index contributed by atoms with van der Waals surface area (Å²) in [5.74, 6) is -0.485. The molecular weight excluding hydrogens is 311 g/mol. The van der Waals surface area contributed by atoms with Crippen LogP contribution in [-0.4, -0.2) is 43.0 Å². The van der Waals surface area contributed by atoms with E-state index in [4.69, 9.17) is 4.74 Å². The number of rotatable bonds is 6. The first-order valence-electron chi connectivity index (χ1n) is 8.40. The molecule has 0 radical (unpaired) electrons. The summed E-state index contributed by atoms with van der Waals surface area (Å²) in [6.45, 7) is 6.05. The quantitative estimate of drug-likeness (QED) is 0.808. The lowest BCUT2D eigenvalue weighted by Gasteiger charge is -2.30. The number of piperidine rings is 1. The Hall–Kier alpha value is -1.95. The lowest BCUT2D eigenvalue weighted by Crippen LogP contribution is -2.42. The molecule has 1 heterocycles. The van der Waals surface area contributed by atoms with Crippen molar-refractivity contribution >= 4 is 11.9 Å². The largest absolute Gasteiger partial charge is 0.466 e. The number of carbonyl (C=O) groups excluding carboxylic acids is 2. The van der Waals surface area contributed by atoms with E-state index in [0.29, 0.717) is 38.3 Å². The van der Waals surface area contributed by atoms with Gasteiger partial charge in [-0.2, -0.15) is 0 Å². The van der Waals surface area contributed by atoms with Gasteiger partial charge in [-0.15, -0.1) is 0 Å². The number of ether oxygens (including phenoxy) is 1. The van der Waals surface area contributed by atoms with Crippen LogP contribution in [0.25, 0.3) is 0 Å². The van der Waals surface area contributed by atoms with Crippen molar-refractivity contribution in [3.63, 3.8) is 0 Å². The van der Waals surface area contributed by atoms with Gasteiger partial charge in [0.25, 0.3) is 0 Å². The standard InChI is InChI=1S/C18H25FN2O3/c1-3-24-18(23)15-6-8-21(9-7-15)12-17(22)20-11-14-4-5-16(19)13(2)10-14/h4-5,10,15H,3,6-9,11-12H2,1-2H3,(H,20,22). The average molecular weight is 336 g/mol. The zero-order chi connectivity index (χ0) is 17.5. The van der Waals surface area contributed by atoms with Gasteiger partial charge in [0, 0.05) is 6.54 Å². The molecule has 0 saturated carbocycles. The highest BCUT2D eigenvalue weighted by molar-refractivity contribution is 5.78. The van der Waals surface area contributed by atoms with Crippen molar-refractivity contribution in [1.82, 2.24) is 10.2 Å². The maximum Gasteiger partial charge on any atom is 0.309 e. The van der Waals surface area contributed by atoms with Crippen molar-refractivity contribution in [2.24, 2.45) is 5.92 Å². The lowest BCUT2D eigenvalue weighted by atomic mass is 9.97. The second-order valence-corrected chi connectivity index (χ2v) is 6.16. The number of halogens is 1. The summed E-state index contributed by atoms with van der Waals surface area (Å²) in [6, 6.07) is 4.82. The molecule has 0 bridgehead atoms. The molecule has 1 N–H and O–H groups in total. The van der Waals surface area contributed by atoms with Gasteiger partial charge in [-0.25, -0.2) is 4.39 Å².